The Bertz CT molecular complexity index is 504. The van der Waals surface area contributed by atoms with Crippen molar-refractivity contribution in [2.75, 3.05) is 19.8 Å². The van der Waals surface area contributed by atoms with E-state index in [0.29, 0.717) is 28.8 Å². The SMILES string of the molecule is Cl.NC(C(=O)NCC(O)c1cc(Cl)cc(Cl)c1)C1CCOCC1. The molecule has 0 aliphatic carbocycles. The third-order valence-corrected chi connectivity index (χ3v) is 4.25. The number of benzene rings is 1. The lowest BCUT2D eigenvalue weighted by Gasteiger charge is -2.27. The molecule has 130 valence electrons. The first kappa shape index (κ1) is 20.5. The number of hydrogen-bond acceptors (Lipinski definition) is 4. The van der Waals surface area contributed by atoms with Gasteiger partial charge in [0.15, 0.2) is 0 Å². The Morgan fingerprint density at radius 3 is 2.43 bits per heavy atom. The first-order valence-corrected chi connectivity index (χ1v) is 7.98. The molecule has 1 fully saturated rings. The summed E-state index contributed by atoms with van der Waals surface area (Å²) in [5.41, 5.74) is 6.53. The van der Waals surface area contributed by atoms with E-state index < -0.39 is 12.1 Å². The second kappa shape index (κ2) is 9.67. The number of aliphatic hydroxyl groups is 1. The highest BCUT2D eigenvalue weighted by atomic mass is 35.5. The van der Waals surface area contributed by atoms with E-state index in [2.05, 4.69) is 5.32 Å². The van der Waals surface area contributed by atoms with Gasteiger partial charge in [0, 0.05) is 29.8 Å². The van der Waals surface area contributed by atoms with E-state index in [1.54, 1.807) is 18.2 Å². The second-order valence-electron chi connectivity index (χ2n) is 5.44. The van der Waals surface area contributed by atoms with Crippen LogP contribution in [0.4, 0.5) is 0 Å². The Morgan fingerprint density at radius 1 is 1.30 bits per heavy atom. The van der Waals surface area contributed by atoms with Crippen molar-refractivity contribution < 1.29 is 14.6 Å². The third kappa shape index (κ3) is 6.10. The number of aliphatic hydroxyl groups excluding tert-OH is 1. The van der Waals surface area contributed by atoms with Crippen LogP contribution in [0.5, 0.6) is 0 Å². The molecule has 0 bridgehead atoms. The van der Waals surface area contributed by atoms with Gasteiger partial charge in [-0.25, -0.2) is 0 Å². The predicted molar refractivity (Wildman–Crippen MR) is 93.2 cm³/mol. The van der Waals surface area contributed by atoms with E-state index in [1.807, 2.05) is 0 Å². The topological polar surface area (TPSA) is 84.6 Å². The molecule has 5 nitrogen and oxygen atoms in total. The molecule has 23 heavy (non-hydrogen) atoms. The quantitative estimate of drug-likeness (QED) is 0.728. The average Bonchev–Trinajstić information content (AvgIpc) is 2.51. The highest BCUT2D eigenvalue weighted by molar-refractivity contribution is 6.34. The monoisotopic (exact) mass is 382 g/mol. The van der Waals surface area contributed by atoms with Crippen molar-refractivity contribution in [3.63, 3.8) is 0 Å². The van der Waals surface area contributed by atoms with E-state index in [0.717, 1.165) is 12.8 Å². The second-order valence-corrected chi connectivity index (χ2v) is 6.31. The Balaban J connectivity index is 0.00000264. The van der Waals surface area contributed by atoms with Crippen LogP contribution >= 0.6 is 35.6 Å². The van der Waals surface area contributed by atoms with Gasteiger partial charge in [0.1, 0.15) is 0 Å². The number of halogens is 3. The molecule has 1 saturated heterocycles. The van der Waals surface area contributed by atoms with E-state index in [-0.39, 0.29) is 30.8 Å². The fourth-order valence-corrected chi connectivity index (χ4v) is 3.03. The van der Waals surface area contributed by atoms with Gasteiger partial charge in [-0.3, -0.25) is 4.79 Å². The highest BCUT2D eigenvalue weighted by Gasteiger charge is 2.26. The van der Waals surface area contributed by atoms with Crippen LogP contribution in [0.15, 0.2) is 18.2 Å². The van der Waals surface area contributed by atoms with Crippen LogP contribution in [0, 0.1) is 5.92 Å². The van der Waals surface area contributed by atoms with Crippen molar-refractivity contribution in [3.05, 3.63) is 33.8 Å². The van der Waals surface area contributed by atoms with Crippen LogP contribution in [0.1, 0.15) is 24.5 Å². The summed E-state index contributed by atoms with van der Waals surface area (Å²) in [4.78, 5) is 12.1. The zero-order valence-corrected chi connectivity index (χ0v) is 14.8. The fourth-order valence-electron chi connectivity index (χ4n) is 2.49. The number of carbonyl (C=O) groups is 1. The fraction of sp³-hybridized carbons (Fsp3) is 0.533. The maximum Gasteiger partial charge on any atom is 0.237 e. The first-order valence-electron chi connectivity index (χ1n) is 7.22. The van der Waals surface area contributed by atoms with Gasteiger partial charge in [-0.2, -0.15) is 0 Å². The molecule has 1 heterocycles. The summed E-state index contributed by atoms with van der Waals surface area (Å²) in [5.74, 6) is -0.148. The number of rotatable bonds is 5. The number of nitrogens with two attached hydrogens (primary N) is 1. The molecule has 1 aliphatic heterocycles. The summed E-state index contributed by atoms with van der Waals surface area (Å²) in [6, 6.07) is 4.23. The Hall–Kier alpha value is -0.560. The van der Waals surface area contributed by atoms with E-state index in [4.69, 9.17) is 33.7 Å². The summed E-state index contributed by atoms with van der Waals surface area (Å²) < 4.78 is 5.26. The summed E-state index contributed by atoms with van der Waals surface area (Å²) in [7, 11) is 0. The minimum Gasteiger partial charge on any atom is -0.387 e. The van der Waals surface area contributed by atoms with E-state index >= 15 is 0 Å². The summed E-state index contributed by atoms with van der Waals surface area (Å²) in [5, 5.41) is 13.7. The van der Waals surface area contributed by atoms with Gasteiger partial charge < -0.3 is 20.9 Å². The summed E-state index contributed by atoms with van der Waals surface area (Å²) >= 11 is 11.8. The van der Waals surface area contributed by atoms with Crippen LogP contribution in [-0.4, -0.2) is 36.8 Å². The smallest absolute Gasteiger partial charge is 0.237 e. The molecule has 1 amide bonds. The number of nitrogens with one attached hydrogen (secondary N) is 1. The Labute approximate surface area is 151 Å². The summed E-state index contributed by atoms with van der Waals surface area (Å²) in [6.07, 6.45) is 0.671. The van der Waals surface area contributed by atoms with Crippen molar-refractivity contribution in [2.24, 2.45) is 11.7 Å². The third-order valence-electron chi connectivity index (χ3n) is 3.82. The molecule has 0 aromatic heterocycles. The van der Waals surface area contributed by atoms with Crippen molar-refractivity contribution in [1.82, 2.24) is 5.32 Å². The lowest BCUT2D eigenvalue weighted by atomic mass is 9.92. The molecular formula is C15H21Cl3N2O3. The number of carbonyl (C=O) groups excluding carboxylic acids is 1. The number of hydrogen-bond donors (Lipinski definition) is 3. The lowest BCUT2D eigenvalue weighted by molar-refractivity contribution is -0.124. The van der Waals surface area contributed by atoms with Crippen LogP contribution in [0.25, 0.3) is 0 Å². The highest BCUT2D eigenvalue weighted by Crippen LogP contribution is 2.23. The molecule has 1 aromatic carbocycles. The normalized spacial score (nSPS) is 17.9. The molecule has 0 radical (unpaired) electrons. The van der Waals surface area contributed by atoms with Crippen LogP contribution in [-0.2, 0) is 9.53 Å². The van der Waals surface area contributed by atoms with E-state index in [1.165, 1.54) is 0 Å². The minimum absolute atomic E-state index is 0. The van der Waals surface area contributed by atoms with Crippen LogP contribution < -0.4 is 11.1 Å². The zero-order valence-electron chi connectivity index (χ0n) is 12.5. The number of ether oxygens (including phenoxy) is 1. The zero-order chi connectivity index (χ0) is 16.1. The maximum atomic E-state index is 12.1. The average molecular weight is 384 g/mol. The standard InChI is InChI=1S/C15H20Cl2N2O3.ClH/c16-11-5-10(6-12(17)7-11)13(20)8-19-15(21)14(18)9-1-3-22-4-2-9;/h5-7,9,13-14,20H,1-4,8,18H2,(H,19,21);1H. The molecule has 1 aliphatic rings. The molecule has 4 N–H and O–H groups in total. The van der Waals surface area contributed by atoms with Crippen LogP contribution in [0.3, 0.4) is 0 Å². The predicted octanol–water partition coefficient (Wildman–Crippen LogP) is 2.32. The van der Waals surface area contributed by atoms with E-state index in [9.17, 15) is 9.90 Å². The van der Waals surface area contributed by atoms with Crippen molar-refractivity contribution in [2.45, 2.75) is 25.0 Å². The maximum absolute atomic E-state index is 12.1. The largest absolute Gasteiger partial charge is 0.387 e. The minimum atomic E-state index is -0.887. The molecule has 8 heteroatoms. The van der Waals surface area contributed by atoms with Gasteiger partial charge in [-0.05, 0) is 42.5 Å². The van der Waals surface area contributed by atoms with Gasteiger partial charge in [0.25, 0.3) is 0 Å². The lowest BCUT2D eigenvalue weighted by Crippen LogP contribution is -2.47. The number of amides is 1. The molecular weight excluding hydrogens is 363 g/mol. The van der Waals surface area contributed by atoms with Crippen LogP contribution in [0.2, 0.25) is 10.0 Å². The molecule has 0 spiro atoms. The van der Waals surface area contributed by atoms with Gasteiger partial charge in [-0.1, -0.05) is 23.2 Å². The summed E-state index contributed by atoms with van der Waals surface area (Å²) in [6.45, 7) is 1.33. The molecule has 2 rings (SSSR count). The molecule has 2 unspecified atom stereocenters. The van der Waals surface area contributed by atoms with Gasteiger partial charge in [0.05, 0.1) is 12.1 Å². The van der Waals surface area contributed by atoms with Gasteiger partial charge >= 0.3 is 0 Å². The molecule has 2 atom stereocenters. The Kier molecular flexibility index (Phi) is 8.61. The Morgan fingerprint density at radius 2 is 1.87 bits per heavy atom. The first-order chi connectivity index (χ1) is 10.5. The molecule has 1 aromatic rings. The van der Waals surface area contributed by atoms with Crippen molar-refractivity contribution in [1.29, 1.82) is 0 Å². The van der Waals surface area contributed by atoms with Gasteiger partial charge in [-0.15, -0.1) is 12.4 Å². The van der Waals surface area contributed by atoms with Crippen molar-refractivity contribution in [3.8, 4) is 0 Å². The van der Waals surface area contributed by atoms with Crippen molar-refractivity contribution >= 4 is 41.5 Å². The molecule has 0 saturated carbocycles. The van der Waals surface area contributed by atoms with Gasteiger partial charge in [0.2, 0.25) is 5.91 Å².